The van der Waals surface area contributed by atoms with Crippen LogP contribution >= 0.6 is 0 Å². The number of carbonyl (C=O) groups excluding carboxylic acids is 2. The Morgan fingerprint density at radius 2 is 0.871 bits per heavy atom. The number of nitrogens with zero attached hydrogens (tertiary/aromatic N) is 2. The molecule has 0 fully saturated rings. The molecule has 0 aromatic carbocycles. The third kappa shape index (κ3) is 4.54. The maximum absolute atomic E-state index is 14.0. The Kier molecular flexibility index (Phi) is 8.10. The van der Waals surface area contributed by atoms with Gasteiger partial charge in [-0.1, -0.05) is 0 Å². The van der Waals surface area contributed by atoms with Gasteiger partial charge in [0.1, 0.15) is 0 Å². The summed E-state index contributed by atoms with van der Waals surface area (Å²) >= 11 is 0. The molecule has 0 saturated carbocycles. The highest BCUT2D eigenvalue weighted by atomic mass is 19.4. The topological polar surface area (TPSA) is 58.9 Å². The van der Waals surface area contributed by atoms with Gasteiger partial charge in [0.05, 0.1) is 13.1 Å². The molecule has 0 saturated heterocycles. The van der Waals surface area contributed by atoms with Crippen LogP contribution in [0, 0.1) is 0 Å². The van der Waals surface area contributed by atoms with E-state index in [1.165, 1.54) is 0 Å². The second kappa shape index (κ2) is 8.73. The van der Waals surface area contributed by atoms with Crippen molar-refractivity contribution in [1.82, 2.24) is 0 Å². The van der Waals surface area contributed by atoms with Gasteiger partial charge in [0.15, 0.2) is 0 Å². The minimum absolute atomic E-state index is 0.386. The van der Waals surface area contributed by atoms with Crippen LogP contribution in [-0.2, 0) is 9.59 Å². The third-order valence-corrected chi connectivity index (χ3v) is 3.82. The summed E-state index contributed by atoms with van der Waals surface area (Å²) in [4.78, 5) is 23.8. The first kappa shape index (κ1) is 28.8. The highest BCUT2D eigenvalue weighted by molar-refractivity contribution is 5.33. The van der Waals surface area contributed by atoms with E-state index in [4.69, 9.17) is 0 Å². The number of hydrogen-bond acceptors (Lipinski definition) is 4. The van der Waals surface area contributed by atoms with E-state index in [-0.39, 0.29) is 0 Å². The van der Waals surface area contributed by atoms with Gasteiger partial charge in [-0.15, -0.1) is 0 Å². The van der Waals surface area contributed by atoms with Crippen LogP contribution in [0.1, 0.15) is 12.8 Å². The summed E-state index contributed by atoms with van der Waals surface area (Å²) in [6, 6.07) is 0. The van der Waals surface area contributed by atoms with Crippen LogP contribution in [0.5, 0.6) is 0 Å². The molecule has 0 aromatic heterocycles. The number of rotatable bonds is 11. The molecule has 0 aliphatic rings. The summed E-state index contributed by atoms with van der Waals surface area (Å²) in [6.07, 6.45) is -11.9. The minimum Gasteiger partial charge on any atom is -0.227 e. The molecule has 0 spiro atoms. The number of aliphatic imine (C=N–C) groups is 2. The van der Waals surface area contributed by atoms with Gasteiger partial charge in [-0.25, -0.2) is 24.0 Å². The van der Waals surface area contributed by atoms with E-state index >= 15 is 0 Å². The number of halogens is 14. The molecule has 0 heterocycles. The van der Waals surface area contributed by atoms with Crippen LogP contribution < -0.4 is 0 Å². The molecule has 1 unspecified atom stereocenters. The van der Waals surface area contributed by atoms with Crippen molar-refractivity contribution < 1.29 is 71.1 Å². The van der Waals surface area contributed by atoms with Crippen molar-refractivity contribution in [2.24, 2.45) is 9.98 Å². The summed E-state index contributed by atoms with van der Waals surface area (Å²) in [5, 5.41) is 0. The zero-order chi connectivity index (χ0) is 25.2. The standard InChI is InChI=1S/C13H8F14N2O2/c14-7(13(25,26)27,1-3-28-5-30)9(17,18)11(21,22)12(23,24)10(19,20)8(15,16)2-4-29-6-31/h1-4H2. The number of hydrogen-bond donors (Lipinski definition) is 0. The van der Waals surface area contributed by atoms with Gasteiger partial charge in [-0.3, -0.25) is 0 Å². The predicted octanol–water partition coefficient (Wildman–Crippen LogP) is 4.89. The van der Waals surface area contributed by atoms with Gasteiger partial charge in [0.25, 0.3) is 5.67 Å². The largest absolute Gasteiger partial charge is 0.428 e. The molecule has 180 valence electrons. The lowest BCUT2D eigenvalue weighted by molar-refractivity contribution is -0.434. The van der Waals surface area contributed by atoms with Crippen LogP contribution in [0.4, 0.5) is 61.5 Å². The fraction of sp³-hybridized carbons (Fsp3) is 0.846. The normalized spacial score (nSPS) is 16.2. The summed E-state index contributed by atoms with van der Waals surface area (Å²) in [5.74, 6) is -37.7. The fourth-order valence-corrected chi connectivity index (χ4v) is 2.00. The SMILES string of the molecule is O=C=NCCC(F)(F)C(F)(F)C(F)(F)C(F)(F)C(F)(F)C(F)(CCN=C=O)C(F)(F)F. The summed E-state index contributed by atoms with van der Waals surface area (Å²) in [7, 11) is 0. The van der Waals surface area contributed by atoms with Gasteiger partial charge >= 0.3 is 35.8 Å². The monoisotopic (exact) mass is 490 g/mol. The van der Waals surface area contributed by atoms with Crippen molar-refractivity contribution >= 4 is 12.2 Å². The van der Waals surface area contributed by atoms with E-state index in [1.807, 2.05) is 0 Å². The first-order valence-corrected chi connectivity index (χ1v) is 7.34. The molecule has 0 amide bonds. The smallest absolute Gasteiger partial charge is 0.227 e. The predicted molar refractivity (Wildman–Crippen MR) is 69.8 cm³/mol. The Labute approximate surface area is 162 Å². The van der Waals surface area contributed by atoms with Crippen LogP contribution in [0.15, 0.2) is 9.98 Å². The van der Waals surface area contributed by atoms with Gasteiger partial charge in [-0.05, 0) is 0 Å². The quantitative estimate of drug-likeness (QED) is 0.236. The Morgan fingerprint density at radius 3 is 1.23 bits per heavy atom. The lowest BCUT2D eigenvalue weighted by Crippen LogP contribution is -2.73. The second-order valence-corrected chi connectivity index (χ2v) is 5.75. The van der Waals surface area contributed by atoms with Gasteiger partial charge < -0.3 is 0 Å². The maximum atomic E-state index is 14.0. The molecule has 0 radical (unpaired) electrons. The fourth-order valence-electron chi connectivity index (χ4n) is 2.00. The van der Waals surface area contributed by atoms with Gasteiger partial charge in [-0.2, -0.15) is 57.1 Å². The van der Waals surface area contributed by atoms with Crippen LogP contribution in [0.3, 0.4) is 0 Å². The second-order valence-electron chi connectivity index (χ2n) is 5.75. The van der Waals surface area contributed by atoms with Crippen molar-refractivity contribution in [3.8, 4) is 0 Å². The van der Waals surface area contributed by atoms with Crippen molar-refractivity contribution in [1.29, 1.82) is 0 Å². The number of isocyanates is 2. The Morgan fingerprint density at radius 1 is 0.516 bits per heavy atom. The van der Waals surface area contributed by atoms with E-state index in [9.17, 15) is 71.1 Å². The minimum atomic E-state index is -8.07. The third-order valence-electron chi connectivity index (χ3n) is 3.82. The zero-order valence-corrected chi connectivity index (χ0v) is 14.3. The summed E-state index contributed by atoms with van der Waals surface area (Å²) < 4.78 is 188. The number of alkyl halides is 14. The molecule has 0 aliphatic carbocycles. The first-order valence-electron chi connectivity index (χ1n) is 7.34. The average molecular weight is 490 g/mol. The molecule has 4 nitrogen and oxygen atoms in total. The van der Waals surface area contributed by atoms with Crippen LogP contribution in [-0.4, -0.2) is 66.7 Å². The lowest BCUT2D eigenvalue weighted by Gasteiger charge is -2.44. The van der Waals surface area contributed by atoms with E-state index in [0.29, 0.717) is 12.2 Å². The lowest BCUT2D eigenvalue weighted by atomic mass is 9.83. The molecule has 0 N–H and O–H groups in total. The van der Waals surface area contributed by atoms with Crippen LogP contribution in [0.2, 0.25) is 0 Å². The average Bonchev–Trinajstić information content (AvgIpc) is 2.60. The van der Waals surface area contributed by atoms with Gasteiger partial charge in [0, 0.05) is 12.8 Å². The molecule has 0 aromatic rings. The molecule has 0 rings (SSSR count). The van der Waals surface area contributed by atoms with Crippen molar-refractivity contribution in [2.75, 3.05) is 13.1 Å². The summed E-state index contributed by atoms with van der Waals surface area (Å²) in [6.45, 7) is -3.74. The molecular weight excluding hydrogens is 482 g/mol. The van der Waals surface area contributed by atoms with E-state index in [0.717, 1.165) is 0 Å². The van der Waals surface area contributed by atoms with Crippen molar-refractivity contribution in [3.05, 3.63) is 0 Å². The maximum Gasteiger partial charge on any atom is 0.428 e. The van der Waals surface area contributed by atoms with Crippen molar-refractivity contribution in [3.63, 3.8) is 0 Å². The highest BCUT2D eigenvalue weighted by Gasteiger charge is 2.91. The Balaban J connectivity index is 6.59. The van der Waals surface area contributed by atoms with Crippen molar-refractivity contribution in [2.45, 2.75) is 54.3 Å². The Hall–Kier alpha value is -2.22. The molecule has 18 heteroatoms. The molecular formula is C13H8F14N2O2. The highest BCUT2D eigenvalue weighted by Crippen LogP contribution is 2.62. The Bertz CT molecular complexity index is 737. The van der Waals surface area contributed by atoms with E-state index in [2.05, 4.69) is 9.98 Å². The molecule has 0 aliphatic heterocycles. The zero-order valence-electron chi connectivity index (χ0n) is 14.3. The first-order chi connectivity index (χ1) is 13.6. The van der Waals surface area contributed by atoms with E-state index < -0.39 is 67.4 Å². The molecule has 1 atom stereocenters. The van der Waals surface area contributed by atoms with Crippen LogP contribution in [0.25, 0.3) is 0 Å². The van der Waals surface area contributed by atoms with E-state index in [1.54, 1.807) is 0 Å². The van der Waals surface area contributed by atoms with Gasteiger partial charge in [0.2, 0.25) is 12.2 Å². The molecule has 0 bridgehead atoms. The summed E-state index contributed by atoms with van der Waals surface area (Å²) in [5.41, 5.74) is -6.72. The molecule has 31 heavy (non-hydrogen) atoms.